The van der Waals surface area contributed by atoms with Gasteiger partial charge >= 0.3 is 0 Å². The molecule has 1 N–H and O–H groups in total. The van der Waals surface area contributed by atoms with E-state index in [1.165, 1.54) is 0 Å². The lowest BCUT2D eigenvalue weighted by atomic mass is 9.86. The van der Waals surface area contributed by atoms with Crippen molar-refractivity contribution in [3.8, 4) is 0 Å². The average molecular weight is 275 g/mol. The second-order valence-electron chi connectivity index (χ2n) is 5.84. The number of piperidine rings is 1. The summed E-state index contributed by atoms with van der Waals surface area (Å²) in [5.41, 5.74) is 0.689. The molecule has 0 radical (unpaired) electrons. The highest BCUT2D eigenvalue weighted by Gasteiger charge is 2.25. The maximum Gasteiger partial charge on any atom is 0.255 e. The Morgan fingerprint density at radius 2 is 2.10 bits per heavy atom. The predicted molar refractivity (Wildman–Crippen MR) is 81.9 cm³/mol. The molecule has 1 aliphatic rings. The van der Waals surface area contributed by atoms with E-state index >= 15 is 0 Å². The van der Waals surface area contributed by atoms with Crippen molar-refractivity contribution in [1.29, 1.82) is 0 Å². The SMILES string of the molecule is CCNc1ccc(C(=O)N2CCC(C(C)C)CC2)cn1. The highest BCUT2D eigenvalue weighted by Crippen LogP contribution is 2.25. The van der Waals surface area contributed by atoms with Crippen molar-refractivity contribution in [3.63, 3.8) is 0 Å². The summed E-state index contributed by atoms with van der Waals surface area (Å²) in [5, 5.41) is 3.14. The van der Waals surface area contributed by atoms with Crippen molar-refractivity contribution in [3.05, 3.63) is 23.9 Å². The number of carbonyl (C=O) groups is 1. The van der Waals surface area contributed by atoms with Crippen LogP contribution in [0, 0.1) is 11.8 Å². The van der Waals surface area contributed by atoms with Gasteiger partial charge in [-0.2, -0.15) is 0 Å². The zero-order valence-electron chi connectivity index (χ0n) is 12.7. The zero-order chi connectivity index (χ0) is 14.5. The zero-order valence-corrected chi connectivity index (χ0v) is 12.7. The van der Waals surface area contributed by atoms with E-state index in [9.17, 15) is 4.79 Å². The van der Waals surface area contributed by atoms with Gasteiger partial charge in [0.05, 0.1) is 5.56 Å². The van der Waals surface area contributed by atoms with E-state index in [1.807, 2.05) is 24.0 Å². The van der Waals surface area contributed by atoms with Gasteiger partial charge in [-0.25, -0.2) is 4.98 Å². The van der Waals surface area contributed by atoms with Crippen molar-refractivity contribution in [2.75, 3.05) is 25.0 Å². The van der Waals surface area contributed by atoms with E-state index in [-0.39, 0.29) is 5.91 Å². The maximum atomic E-state index is 12.4. The fourth-order valence-corrected chi connectivity index (χ4v) is 2.76. The van der Waals surface area contributed by atoms with Gasteiger partial charge in [-0.15, -0.1) is 0 Å². The van der Waals surface area contributed by atoms with Crippen LogP contribution in [-0.2, 0) is 0 Å². The minimum atomic E-state index is 0.114. The monoisotopic (exact) mass is 275 g/mol. The molecule has 20 heavy (non-hydrogen) atoms. The third-order valence-corrected chi connectivity index (χ3v) is 4.14. The van der Waals surface area contributed by atoms with E-state index in [0.29, 0.717) is 11.5 Å². The smallest absolute Gasteiger partial charge is 0.255 e. The van der Waals surface area contributed by atoms with Gasteiger partial charge in [0.2, 0.25) is 0 Å². The summed E-state index contributed by atoms with van der Waals surface area (Å²) in [7, 11) is 0. The Morgan fingerprint density at radius 1 is 1.40 bits per heavy atom. The first-order valence-electron chi connectivity index (χ1n) is 7.61. The van der Waals surface area contributed by atoms with Crippen molar-refractivity contribution in [2.24, 2.45) is 11.8 Å². The number of nitrogens with one attached hydrogen (secondary N) is 1. The lowest BCUT2D eigenvalue weighted by Crippen LogP contribution is -2.39. The van der Waals surface area contributed by atoms with Crippen LogP contribution in [0.5, 0.6) is 0 Å². The van der Waals surface area contributed by atoms with Crippen LogP contribution < -0.4 is 5.32 Å². The molecule has 1 aromatic heterocycles. The number of rotatable bonds is 4. The number of hydrogen-bond donors (Lipinski definition) is 1. The van der Waals surface area contributed by atoms with Crippen molar-refractivity contribution in [2.45, 2.75) is 33.6 Å². The third-order valence-electron chi connectivity index (χ3n) is 4.14. The van der Waals surface area contributed by atoms with Gasteiger partial charge in [-0.3, -0.25) is 4.79 Å². The molecule has 0 spiro atoms. The summed E-state index contributed by atoms with van der Waals surface area (Å²) >= 11 is 0. The fourth-order valence-electron chi connectivity index (χ4n) is 2.76. The molecule has 0 bridgehead atoms. The largest absolute Gasteiger partial charge is 0.370 e. The van der Waals surface area contributed by atoms with Gasteiger partial charge in [0, 0.05) is 25.8 Å². The lowest BCUT2D eigenvalue weighted by Gasteiger charge is -2.33. The molecule has 110 valence electrons. The summed E-state index contributed by atoms with van der Waals surface area (Å²) in [5.74, 6) is 2.41. The molecule has 0 saturated carbocycles. The van der Waals surface area contributed by atoms with E-state index in [0.717, 1.165) is 44.2 Å². The van der Waals surface area contributed by atoms with Crippen LogP contribution in [0.3, 0.4) is 0 Å². The van der Waals surface area contributed by atoms with Crippen LogP contribution in [-0.4, -0.2) is 35.4 Å². The quantitative estimate of drug-likeness (QED) is 0.918. The van der Waals surface area contributed by atoms with Crippen molar-refractivity contribution >= 4 is 11.7 Å². The molecule has 1 fully saturated rings. The van der Waals surface area contributed by atoms with Gasteiger partial charge < -0.3 is 10.2 Å². The molecule has 2 rings (SSSR count). The molecule has 1 aliphatic heterocycles. The summed E-state index contributed by atoms with van der Waals surface area (Å²) < 4.78 is 0. The number of hydrogen-bond acceptors (Lipinski definition) is 3. The number of aromatic nitrogens is 1. The van der Waals surface area contributed by atoms with Gasteiger partial charge in [-0.1, -0.05) is 13.8 Å². The Labute approximate surface area is 121 Å². The highest BCUT2D eigenvalue weighted by molar-refractivity contribution is 5.94. The first-order valence-corrected chi connectivity index (χ1v) is 7.61. The van der Waals surface area contributed by atoms with E-state index in [4.69, 9.17) is 0 Å². The molecule has 4 nitrogen and oxygen atoms in total. The number of pyridine rings is 1. The Balaban J connectivity index is 1.94. The number of anilines is 1. The van der Waals surface area contributed by atoms with Crippen LogP contribution in [0.4, 0.5) is 5.82 Å². The maximum absolute atomic E-state index is 12.4. The summed E-state index contributed by atoms with van der Waals surface area (Å²) in [6.07, 6.45) is 3.91. The van der Waals surface area contributed by atoms with Crippen LogP contribution in [0.25, 0.3) is 0 Å². The molecule has 1 aromatic rings. The Hall–Kier alpha value is -1.58. The minimum Gasteiger partial charge on any atom is -0.370 e. The van der Waals surface area contributed by atoms with E-state index in [2.05, 4.69) is 24.1 Å². The Morgan fingerprint density at radius 3 is 2.60 bits per heavy atom. The summed E-state index contributed by atoms with van der Waals surface area (Å²) in [6, 6.07) is 3.74. The number of likely N-dealkylation sites (tertiary alicyclic amines) is 1. The highest BCUT2D eigenvalue weighted by atomic mass is 16.2. The van der Waals surface area contributed by atoms with Crippen LogP contribution in [0.15, 0.2) is 18.3 Å². The molecule has 1 amide bonds. The molecule has 0 unspecified atom stereocenters. The lowest BCUT2D eigenvalue weighted by molar-refractivity contribution is 0.0667. The minimum absolute atomic E-state index is 0.114. The molecule has 1 saturated heterocycles. The van der Waals surface area contributed by atoms with E-state index in [1.54, 1.807) is 6.20 Å². The van der Waals surface area contributed by atoms with Gasteiger partial charge in [0.15, 0.2) is 0 Å². The number of amides is 1. The predicted octanol–water partition coefficient (Wildman–Crippen LogP) is 3.02. The van der Waals surface area contributed by atoms with Crippen LogP contribution >= 0.6 is 0 Å². The van der Waals surface area contributed by atoms with Crippen LogP contribution in [0.1, 0.15) is 44.0 Å². The molecule has 2 heterocycles. The summed E-state index contributed by atoms with van der Waals surface area (Å²) in [6.45, 7) is 9.15. The molecular weight excluding hydrogens is 250 g/mol. The average Bonchev–Trinajstić information content (AvgIpc) is 2.48. The fraction of sp³-hybridized carbons (Fsp3) is 0.625. The Bertz CT molecular complexity index is 434. The van der Waals surface area contributed by atoms with Gasteiger partial charge in [0.25, 0.3) is 5.91 Å². The molecule has 0 aliphatic carbocycles. The first-order chi connectivity index (χ1) is 9.61. The number of nitrogens with zero attached hydrogens (tertiary/aromatic N) is 2. The topological polar surface area (TPSA) is 45.2 Å². The number of carbonyl (C=O) groups excluding carboxylic acids is 1. The van der Waals surface area contributed by atoms with Crippen molar-refractivity contribution < 1.29 is 4.79 Å². The third kappa shape index (κ3) is 3.50. The van der Waals surface area contributed by atoms with Gasteiger partial charge in [-0.05, 0) is 43.7 Å². The normalized spacial score (nSPS) is 16.5. The van der Waals surface area contributed by atoms with Crippen LogP contribution in [0.2, 0.25) is 0 Å². The van der Waals surface area contributed by atoms with E-state index < -0.39 is 0 Å². The summed E-state index contributed by atoms with van der Waals surface area (Å²) in [4.78, 5) is 18.6. The Kier molecular flexibility index (Phi) is 4.99. The molecule has 0 atom stereocenters. The first kappa shape index (κ1) is 14.8. The second-order valence-corrected chi connectivity index (χ2v) is 5.84. The van der Waals surface area contributed by atoms with Crippen molar-refractivity contribution in [1.82, 2.24) is 9.88 Å². The van der Waals surface area contributed by atoms with Gasteiger partial charge in [0.1, 0.15) is 5.82 Å². The standard InChI is InChI=1S/C16H25N3O/c1-4-17-15-6-5-14(11-18-15)16(20)19-9-7-13(8-10-19)12(2)3/h5-6,11-13H,4,7-10H2,1-3H3,(H,17,18). The molecule has 0 aromatic carbocycles. The molecular formula is C16H25N3O. The molecule has 4 heteroatoms. The second kappa shape index (κ2) is 6.73.